The molecule has 0 saturated heterocycles. The summed E-state index contributed by atoms with van der Waals surface area (Å²) in [5.41, 5.74) is 0. The molecule has 304 valence electrons. The Hall–Kier alpha value is -2.59. The lowest BCUT2D eigenvalue weighted by atomic mass is 10.1. The normalized spacial score (nSPS) is 14.7. The van der Waals surface area contributed by atoms with Crippen LogP contribution in [-0.4, -0.2) is 65.7 Å². The first-order valence-electron chi connectivity index (χ1n) is 19.9. The summed E-state index contributed by atoms with van der Waals surface area (Å²) in [6.45, 7) is 2.14. The number of hydrogen-bond acceptors (Lipinski definition) is 9. The Labute approximate surface area is 320 Å². The monoisotopic (exact) mass is 766 g/mol. The molecule has 0 aliphatic heterocycles. The van der Waals surface area contributed by atoms with Gasteiger partial charge in [0.05, 0.1) is 19.8 Å². The Bertz CT molecular complexity index is 1110. The van der Waals surface area contributed by atoms with Gasteiger partial charge in [-0.15, -0.1) is 0 Å². The van der Waals surface area contributed by atoms with Crippen molar-refractivity contribution < 1.29 is 47.8 Å². The second kappa shape index (κ2) is 37.7. The van der Waals surface area contributed by atoms with Crippen molar-refractivity contribution in [1.29, 1.82) is 0 Å². The van der Waals surface area contributed by atoms with E-state index in [1.807, 2.05) is 36.5 Å². The molecule has 0 spiro atoms. The van der Waals surface area contributed by atoms with Crippen molar-refractivity contribution in [3.05, 3.63) is 72.9 Å². The van der Waals surface area contributed by atoms with Crippen LogP contribution in [0.3, 0.4) is 0 Å². The highest BCUT2D eigenvalue weighted by atomic mass is 31.2. The Balaban J connectivity index is 4.43. The molecule has 3 N–H and O–H groups in total. The summed E-state index contributed by atoms with van der Waals surface area (Å²) in [4.78, 5) is 34.9. The number of unbranched alkanes of at least 4 members (excludes halogenated alkanes) is 13. The minimum absolute atomic E-state index is 0.151. The Morgan fingerprint density at radius 1 is 0.604 bits per heavy atom. The van der Waals surface area contributed by atoms with Crippen LogP contribution in [0.25, 0.3) is 0 Å². The van der Waals surface area contributed by atoms with Gasteiger partial charge in [-0.25, -0.2) is 4.57 Å². The van der Waals surface area contributed by atoms with Gasteiger partial charge in [-0.05, 0) is 64.2 Å². The minimum atomic E-state index is -4.63. The lowest BCUT2D eigenvalue weighted by Crippen LogP contribution is -2.29. The zero-order chi connectivity index (χ0) is 39.1. The number of allylic oxidation sites excluding steroid dienone is 12. The number of ether oxygens (including phenoxy) is 2. The average molecular weight is 767 g/mol. The van der Waals surface area contributed by atoms with E-state index in [1.165, 1.54) is 19.3 Å². The highest BCUT2D eigenvalue weighted by Crippen LogP contribution is 2.43. The van der Waals surface area contributed by atoms with Gasteiger partial charge in [0.1, 0.15) is 12.7 Å². The molecule has 0 aromatic rings. The lowest BCUT2D eigenvalue weighted by molar-refractivity contribution is -0.161. The molecule has 0 saturated carbocycles. The number of aliphatic hydroxyl groups is 2. The molecule has 1 unspecified atom stereocenters. The van der Waals surface area contributed by atoms with Crippen molar-refractivity contribution in [2.24, 2.45) is 0 Å². The maximum Gasteiger partial charge on any atom is 0.472 e. The van der Waals surface area contributed by atoms with Crippen molar-refractivity contribution in [2.45, 2.75) is 154 Å². The fourth-order valence-corrected chi connectivity index (χ4v) is 5.64. The third kappa shape index (κ3) is 37.5. The highest BCUT2D eigenvalue weighted by Gasteiger charge is 2.27. The third-order valence-electron chi connectivity index (χ3n) is 7.94. The summed E-state index contributed by atoms with van der Waals surface area (Å²) in [6, 6.07) is 0. The van der Waals surface area contributed by atoms with Crippen LogP contribution in [0.1, 0.15) is 142 Å². The van der Waals surface area contributed by atoms with E-state index in [9.17, 15) is 24.2 Å². The van der Waals surface area contributed by atoms with Crippen LogP contribution < -0.4 is 0 Å². The quantitative estimate of drug-likeness (QED) is 0.0185. The summed E-state index contributed by atoms with van der Waals surface area (Å²) < 4.78 is 32.6. The number of phosphoric acid groups is 1. The second-order valence-corrected chi connectivity index (χ2v) is 14.5. The van der Waals surface area contributed by atoms with E-state index in [0.29, 0.717) is 12.8 Å². The van der Waals surface area contributed by atoms with Gasteiger partial charge >= 0.3 is 19.8 Å². The van der Waals surface area contributed by atoms with Crippen LogP contribution in [0, 0.1) is 0 Å². The summed E-state index contributed by atoms with van der Waals surface area (Å²) in [6.07, 6.45) is 41.5. The van der Waals surface area contributed by atoms with Gasteiger partial charge in [0, 0.05) is 12.8 Å². The zero-order valence-corrected chi connectivity index (χ0v) is 33.6. The Kier molecular flexibility index (Phi) is 35.9. The molecule has 0 rings (SSSR count). The summed E-state index contributed by atoms with van der Waals surface area (Å²) >= 11 is 0. The number of carbonyl (C=O) groups is 2. The van der Waals surface area contributed by atoms with E-state index in [-0.39, 0.29) is 19.4 Å². The van der Waals surface area contributed by atoms with E-state index < -0.39 is 51.8 Å². The van der Waals surface area contributed by atoms with Gasteiger partial charge in [-0.1, -0.05) is 138 Å². The van der Waals surface area contributed by atoms with Gasteiger partial charge in [-0.2, -0.15) is 0 Å². The van der Waals surface area contributed by atoms with E-state index in [0.717, 1.165) is 83.5 Å². The third-order valence-corrected chi connectivity index (χ3v) is 8.89. The van der Waals surface area contributed by atoms with Crippen molar-refractivity contribution in [3.63, 3.8) is 0 Å². The van der Waals surface area contributed by atoms with Crippen LogP contribution in [0.2, 0.25) is 0 Å². The topological polar surface area (TPSA) is 149 Å². The van der Waals surface area contributed by atoms with Gasteiger partial charge in [0.15, 0.2) is 6.10 Å². The SMILES string of the molecule is CC/C=C/C=C/C=C/C=C/CCCCCCCC(=O)O[C@H](COC(=O)CCCCCCC/C=C/C/C=C/CCCCC)COP(=O)(O)OC[C@@H](O)CO. The molecule has 0 heterocycles. The van der Waals surface area contributed by atoms with Crippen molar-refractivity contribution in [3.8, 4) is 0 Å². The molecular weight excluding hydrogens is 695 g/mol. The number of esters is 2. The van der Waals surface area contributed by atoms with Gasteiger partial charge in [0.25, 0.3) is 0 Å². The average Bonchev–Trinajstić information content (AvgIpc) is 3.14. The fourth-order valence-electron chi connectivity index (χ4n) is 4.86. The molecule has 0 aromatic heterocycles. The fraction of sp³-hybridized carbons (Fsp3) is 0.667. The number of phosphoric ester groups is 1. The van der Waals surface area contributed by atoms with Crippen LogP contribution in [0.4, 0.5) is 0 Å². The smallest absolute Gasteiger partial charge is 0.462 e. The summed E-state index contributed by atoms with van der Waals surface area (Å²) in [5, 5.41) is 18.3. The molecule has 0 aliphatic rings. The van der Waals surface area contributed by atoms with Crippen molar-refractivity contribution >= 4 is 19.8 Å². The summed E-state index contributed by atoms with van der Waals surface area (Å²) in [5.74, 6) is -0.976. The van der Waals surface area contributed by atoms with Crippen LogP contribution >= 0.6 is 7.82 Å². The summed E-state index contributed by atoms with van der Waals surface area (Å²) in [7, 11) is -4.63. The predicted octanol–water partition coefficient (Wildman–Crippen LogP) is 10.1. The molecule has 0 aromatic carbocycles. The van der Waals surface area contributed by atoms with Gasteiger partial charge in [0.2, 0.25) is 0 Å². The van der Waals surface area contributed by atoms with E-state index in [1.54, 1.807) is 0 Å². The molecule has 0 aliphatic carbocycles. The number of aliphatic hydroxyl groups excluding tert-OH is 2. The minimum Gasteiger partial charge on any atom is -0.462 e. The van der Waals surface area contributed by atoms with Gasteiger partial charge in [-0.3, -0.25) is 18.6 Å². The number of carbonyl (C=O) groups excluding carboxylic acids is 2. The molecule has 0 fully saturated rings. The van der Waals surface area contributed by atoms with E-state index in [2.05, 4.69) is 54.8 Å². The maximum absolute atomic E-state index is 12.6. The standard InChI is InChI=1S/C42H71O10P/c1-3-5-7-9-11-13-15-17-19-21-23-25-27-29-31-33-41(45)49-37-40(38-51-53(47,48)50-36-39(44)35-43)52-42(46)34-32-30-28-26-24-22-20-18-16-14-12-10-8-6-4-2/h6,8,10-14,16-20,39-40,43-44H,3-5,7,9,15,21-38H2,1-2H3,(H,47,48)/b8-6+,12-10+,13-11+,16-14+,19-17+,20-18+/t39-,40+/m0/s1. The second-order valence-electron chi connectivity index (χ2n) is 13.0. The number of hydrogen-bond donors (Lipinski definition) is 3. The molecule has 0 bridgehead atoms. The first-order valence-corrected chi connectivity index (χ1v) is 21.4. The van der Waals surface area contributed by atoms with Crippen LogP contribution in [-0.2, 0) is 32.7 Å². The van der Waals surface area contributed by atoms with E-state index in [4.69, 9.17) is 19.1 Å². The zero-order valence-electron chi connectivity index (χ0n) is 32.7. The largest absolute Gasteiger partial charge is 0.472 e. The van der Waals surface area contributed by atoms with Crippen LogP contribution in [0.5, 0.6) is 0 Å². The maximum atomic E-state index is 12.6. The first-order chi connectivity index (χ1) is 25.7. The number of rotatable bonds is 36. The molecule has 10 nitrogen and oxygen atoms in total. The van der Waals surface area contributed by atoms with Crippen molar-refractivity contribution in [1.82, 2.24) is 0 Å². The molecule has 0 radical (unpaired) electrons. The molecule has 53 heavy (non-hydrogen) atoms. The molecule has 3 atom stereocenters. The van der Waals surface area contributed by atoms with Crippen LogP contribution in [0.15, 0.2) is 72.9 Å². The van der Waals surface area contributed by atoms with E-state index >= 15 is 0 Å². The first kappa shape index (κ1) is 50.4. The Morgan fingerprint density at radius 2 is 1.11 bits per heavy atom. The Morgan fingerprint density at radius 3 is 1.72 bits per heavy atom. The van der Waals surface area contributed by atoms with Gasteiger partial charge < -0.3 is 24.6 Å². The highest BCUT2D eigenvalue weighted by molar-refractivity contribution is 7.47. The molecule has 0 amide bonds. The molecule has 11 heteroatoms. The molecular formula is C42H71O10P. The lowest BCUT2D eigenvalue weighted by Gasteiger charge is -2.20. The van der Waals surface area contributed by atoms with Crippen molar-refractivity contribution in [2.75, 3.05) is 26.4 Å². The predicted molar refractivity (Wildman–Crippen MR) is 214 cm³/mol.